The van der Waals surface area contributed by atoms with Crippen molar-refractivity contribution in [2.45, 2.75) is 0 Å². The predicted molar refractivity (Wildman–Crippen MR) is 32.1 cm³/mol. The topological polar surface area (TPSA) is 42.9 Å². The van der Waals surface area contributed by atoms with E-state index in [1.54, 1.807) is 0 Å². The van der Waals surface area contributed by atoms with Crippen molar-refractivity contribution >= 4 is 16.8 Å². The lowest BCUT2D eigenvalue weighted by atomic mass is 10.5. The van der Waals surface area contributed by atoms with Crippen molar-refractivity contribution in [3.05, 3.63) is 23.8 Å². The van der Waals surface area contributed by atoms with E-state index < -0.39 is 22.8 Å². The summed E-state index contributed by atoms with van der Waals surface area (Å²) in [6.07, 6.45) is 0.554. The molecule has 1 aromatic heterocycles. The Morgan fingerprint density at radius 3 is 2.64 bits per heavy atom. The van der Waals surface area contributed by atoms with Crippen LogP contribution in [0.2, 0.25) is 0 Å². The Kier molecular flexibility index (Phi) is 2.09. The van der Waals surface area contributed by atoms with Crippen LogP contribution in [-0.4, -0.2) is 15.2 Å². The number of halogens is 3. The Bertz CT molecular complexity index is 305. The van der Waals surface area contributed by atoms with Crippen LogP contribution < -0.4 is 0 Å². The summed E-state index contributed by atoms with van der Waals surface area (Å²) >= 11 is 4.83. The summed E-state index contributed by atoms with van der Waals surface area (Å²) < 4.78 is 24.5. The molecule has 1 rings (SSSR count). The number of carbonyl (C=O) groups excluding carboxylic acids is 1. The number of nitrogens with zero attached hydrogens (tertiary/aromatic N) is 2. The highest BCUT2D eigenvalue weighted by molar-refractivity contribution is 6.67. The largest absolute Gasteiger partial charge is 0.275 e. The van der Waals surface area contributed by atoms with E-state index in [1.165, 1.54) is 0 Å². The molecule has 0 atom stereocenters. The Morgan fingerprint density at radius 2 is 2.18 bits per heavy atom. The van der Waals surface area contributed by atoms with Gasteiger partial charge in [0.1, 0.15) is 0 Å². The molecule has 0 amide bonds. The number of carbonyl (C=O) groups is 1. The molecular formula is C5HClF2N2O. The van der Waals surface area contributed by atoms with Crippen LogP contribution >= 0.6 is 11.6 Å². The van der Waals surface area contributed by atoms with Crippen LogP contribution in [0.4, 0.5) is 8.78 Å². The lowest BCUT2D eigenvalue weighted by Crippen LogP contribution is -2.03. The molecule has 0 aliphatic heterocycles. The molecule has 0 aliphatic carbocycles. The third-order valence-electron chi connectivity index (χ3n) is 0.885. The summed E-state index contributed by atoms with van der Waals surface area (Å²) in [4.78, 5) is 16.1. The summed E-state index contributed by atoms with van der Waals surface area (Å²) in [5.74, 6) is -2.22. The third kappa shape index (κ3) is 1.68. The summed E-state index contributed by atoms with van der Waals surface area (Å²) in [5, 5.41) is -1.17. The van der Waals surface area contributed by atoms with Crippen molar-refractivity contribution in [1.29, 1.82) is 0 Å². The van der Waals surface area contributed by atoms with Crippen molar-refractivity contribution in [3.8, 4) is 0 Å². The van der Waals surface area contributed by atoms with Crippen LogP contribution in [-0.2, 0) is 0 Å². The van der Waals surface area contributed by atoms with Crippen molar-refractivity contribution in [3.63, 3.8) is 0 Å². The Balaban J connectivity index is 3.23. The molecule has 0 N–H and O–H groups in total. The minimum absolute atomic E-state index is 0.554. The average molecular weight is 179 g/mol. The van der Waals surface area contributed by atoms with E-state index in [4.69, 9.17) is 11.6 Å². The van der Waals surface area contributed by atoms with Gasteiger partial charge in [0.05, 0.1) is 6.20 Å². The first-order valence-corrected chi connectivity index (χ1v) is 2.87. The molecule has 3 nitrogen and oxygen atoms in total. The van der Waals surface area contributed by atoms with E-state index >= 15 is 0 Å². The van der Waals surface area contributed by atoms with E-state index in [9.17, 15) is 13.6 Å². The van der Waals surface area contributed by atoms with Crippen LogP contribution in [0.5, 0.6) is 0 Å². The number of hydrogen-bond acceptors (Lipinski definition) is 3. The van der Waals surface area contributed by atoms with Gasteiger partial charge in [0.15, 0.2) is 5.69 Å². The van der Waals surface area contributed by atoms with Gasteiger partial charge in [0.2, 0.25) is 11.9 Å². The minimum atomic E-state index is -1.17. The van der Waals surface area contributed by atoms with Gasteiger partial charge in [0, 0.05) is 0 Å². The zero-order chi connectivity index (χ0) is 8.43. The molecule has 1 heterocycles. The minimum Gasteiger partial charge on any atom is -0.274 e. The Morgan fingerprint density at radius 1 is 1.55 bits per heavy atom. The predicted octanol–water partition coefficient (Wildman–Crippen LogP) is 1.13. The standard InChI is InChI=1S/C5HClF2N2O/c6-4(11)3-5(8)9-1-2(7)10-3/h1H. The van der Waals surface area contributed by atoms with Crippen molar-refractivity contribution < 1.29 is 13.6 Å². The quantitative estimate of drug-likeness (QED) is 0.606. The molecular weight excluding hydrogens is 178 g/mol. The second kappa shape index (κ2) is 2.87. The maximum atomic E-state index is 12.4. The highest BCUT2D eigenvalue weighted by Crippen LogP contribution is 2.04. The van der Waals surface area contributed by atoms with Gasteiger partial charge in [-0.15, -0.1) is 0 Å². The molecule has 0 saturated heterocycles. The summed E-state index contributed by atoms with van der Waals surface area (Å²) in [6, 6.07) is 0. The van der Waals surface area contributed by atoms with E-state index in [1.807, 2.05) is 0 Å². The van der Waals surface area contributed by atoms with Gasteiger partial charge in [-0.05, 0) is 11.6 Å². The van der Waals surface area contributed by atoms with Crippen LogP contribution in [0, 0.1) is 11.9 Å². The lowest BCUT2D eigenvalue weighted by Gasteiger charge is -1.92. The summed E-state index contributed by atoms with van der Waals surface area (Å²) in [7, 11) is 0. The number of rotatable bonds is 1. The molecule has 0 saturated carbocycles. The van der Waals surface area contributed by atoms with E-state index in [0.717, 1.165) is 0 Å². The van der Waals surface area contributed by atoms with Crippen LogP contribution in [0.3, 0.4) is 0 Å². The van der Waals surface area contributed by atoms with E-state index in [-0.39, 0.29) is 0 Å². The highest BCUT2D eigenvalue weighted by Gasteiger charge is 2.12. The van der Waals surface area contributed by atoms with Gasteiger partial charge in [-0.3, -0.25) is 4.79 Å². The van der Waals surface area contributed by atoms with Gasteiger partial charge in [-0.1, -0.05) is 0 Å². The zero-order valence-electron chi connectivity index (χ0n) is 5.01. The third-order valence-corrected chi connectivity index (χ3v) is 1.06. The maximum absolute atomic E-state index is 12.4. The SMILES string of the molecule is O=C(Cl)c1nc(F)cnc1F. The van der Waals surface area contributed by atoms with Gasteiger partial charge in [-0.2, -0.15) is 8.78 Å². The molecule has 11 heavy (non-hydrogen) atoms. The van der Waals surface area contributed by atoms with Crippen molar-refractivity contribution in [2.24, 2.45) is 0 Å². The van der Waals surface area contributed by atoms with E-state index in [2.05, 4.69) is 9.97 Å². The fourth-order valence-corrected chi connectivity index (χ4v) is 0.598. The second-order valence-corrected chi connectivity index (χ2v) is 1.95. The summed E-state index contributed by atoms with van der Waals surface area (Å²) in [5.41, 5.74) is -0.799. The Hall–Kier alpha value is -1.10. The van der Waals surface area contributed by atoms with Gasteiger partial charge >= 0.3 is 0 Å². The zero-order valence-corrected chi connectivity index (χ0v) is 5.77. The highest BCUT2D eigenvalue weighted by atomic mass is 35.5. The number of hydrogen-bond donors (Lipinski definition) is 0. The Labute approximate surface area is 65.0 Å². The average Bonchev–Trinajstić information content (AvgIpc) is 1.94. The van der Waals surface area contributed by atoms with Gasteiger partial charge < -0.3 is 0 Å². The molecule has 0 aliphatic rings. The molecule has 58 valence electrons. The molecule has 0 fully saturated rings. The van der Waals surface area contributed by atoms with Crippen molar-refractivity contribution in [2.75, 3.05) is 0 Å². The smallest absolute Gasteiger partial charge is 0.274 e. The molecule has 0 aromatic carbocycles. The van der Waals surface area contributed by atoms with Crippen molar-refractivity contribution in [1.82, 2.24) is 9.97 Å². The molecule has 0 spiro atoms. The lowest BCUT2D eigenvalue weighted by molar-refractivity contribution is 0.107. The normalized spacial score (nSPS) is 9.73. The van der Waals surface area contributed by atoms with Crippen LogP contribution in [0.15, 0.2) is 6.20 Å². The van der Waals surface area contributed by atoms with Gasteiger partial charge in [-0.25, -0.2) is 9.97 Å². The van der Waals surface area contributed by atoms with E-state index in [0.29, 0.717) is 6.20 Å². The monoisotopic (exact) mass is 178 g/mol. The molecule has 1 aromatic rings. The molecule has 0 radical (unpaired) electrons. The first-order chi connectivity index (χ1) is 5.11. The second-order valence-electron chi connectivity index (χ2n) is 1.61. The molecule has 0 unspecified atom stereocenters. The van der Waals surface area contributed by atoms with Crippen LogP contribution in [0.25, 0.3) is 0 Å². The van der Waals surface area contributed by atoms with Crippen LogP contribution in [0.1, 0.15) is 10.5 Å². The first kappa shape index (κ1) is 8.00. The molecule has 0 bridgehead atoms. The number of aromatic nitrogens is 2. The molecule has 6 heteroatoms. The fourth-order valence-electron chi connectivity index (χ4n) is 0.478. The maximum Gasteiger partial charge on any atom is 0.275 e. The fraction of sp³-hybridized carbons (Fsp3) is 0. The van der Waals surface area contributed by atoms with Gasteiger partial charge in [0.25, 0.3) is 5.24 Å². The first-order valence-electron chi connectivity index (χ1n) is 2.49. The summed E-state index contributed by atoms with van der Waals surface area (Å²) in [6.45, 7) is 0.